The first-order valence-corrected chi connectivity index (χ1v) is 5.72. The van der Waals surface area contributed by atoms with Gasteiger partial charge >= 0.3 is 6.09 Å². The highest BCUT2D eigenvalue weighted by Gasteiger charge is 2.35. The molecule has 0 aromatic carbocycles. The lowest BCUT2D eigenvalue weighted by molar-refractivity contribution is -0.00502. The molecule has 1 aliphatic heterocycles. The van der Waals surface area contributed by atoms with Crippen molar-refractivity contribution in [2.24, 2.45) is 0 Å². The number of nitrogens with zero attached hydrogens (tertiary/aromatic N) is 1. The van der Waals surface area contributed by atoms with Gasteiger partial charge in [0.1, 0.15) is 5.60 Å². The van der Waals surface area contributed by atoms with E-state index in [9.17, 15) is 13.6 Å². The summed E-state index contributed by atoms with van der Waals surface area (Å²) in [5, 5.41) is 2.72. The number of hydrogen-bond acceptors (Lipinski definition) is 3. The van der Waals surface area contributed by atoms with Gasteiger partial charge in [-0.15, -0.1) is 0 Å². The maximum atomic E-state index is 12.6. The van der Waals surface area contributed by atoms with E-state index < -0.39 is 24.2 Å². The van der Waals surface area contributed by atoms with Crippen LogP contribution in [0.5, 0.6) is 0 Å². The van der Waals surface area contributed by atoms with Crippen LogP contribution >= 0.6 is 0 Å². The second kappa shape index (κ2) is 5.16. The number of hydrogen-bond donors (Lipinski definition) is 1. The van der Waals surface area contributed by atoms with E-state index in [1.165, 1.54) is 4.90 Å². The van der Waals surface area contributed by atoms with E-state index in [2.05, 4.69) is 5.32 Å². The Morgan fingerprint density at radius 3 is 2.53 bits per heavy atom. The highest BCUT2D eigenvalue weighted by Crippen LogP contribution is 2.16. The van der Waals surface area contributed by atoms with Gasteiger partial charge in [0.2, 0.25) is 0 Å². The van der Waals surface area contributed by atoms with Crippen LogP contribution in [0.25, 0.3) is 0 Å². The van der Waals surface area contributed by atoms with Crippen molar-refractivity contribution in [2.75, 3.05) is 13.1 Å². The van der Waals surface area contributed by atoms with Crippen molar-refractivity contribution >= 4 is 6.09 Å². The zero-order valence-electron chi connectivity index (χ0n) is 10.7. The highest BCUT2D eigenvalue weighted by molar-refractivity contribution is 5.68. The first kappa shape index (κ1) is 14.2. The molecule has 0 aliphatic carbocycles. The lowest BCUT2D eigenvalue weighted by Crippen LogP contribution is -2.60. The largest absolute Gasteiger partial charge is 0.444 e. The number of carbonyl (C=O) groups excluding carboxylic acids is 1. The standard InChI is InChI=1S/C11H20F2N2O2/c1-7-5-14-8(9(12)13)6-15(7)10(16)17-11(2,3)4/h7-9,14H,5-6H2,1-4H3. The zero-order chi connectivity index (χ0) is 13.2. The summed E-state index contributed by atoms with van der Waals surface area (Å²) in [6.07, 6.45) is -3.01. The zero-order valence-corrected chi connectivity index (χ0v) is 10.7. The fourth-order valence-electron chi connectivity index (χ4n) is 1.63. The molecular weight excluding hydrogens is 230 g/mol. The Morgan fingerprint density at radius 2 is 2.06 bits per heavy atom. The molecule has 100 valence electrons. The van der Waals surface area contributed by atoms with Crippen LogP contribution in [0.15, 0.2) is 0 Å². The van der Waals surface area contributed by atoms with Gasteiger partial charge in [-0.3, -0.25) is 0 Å². The Labute approximate surface area is 100 Å². The number of piperazine rings is 1. The minimum atomic E-state index is -2.48. The fourth-order valence-corrected chi connectivity index (χ4v) is 1.63. The Kier molecular flexibility index (Phi) is 4.30. The summed E-state index contributed by atoms with van der Waals surface area (Å²) >= 11 is 0. The summed E-state index contributed by atoms with van der Waals surface area (Å²) in [5.41, 5.74) is -0.609. The Bertz CT molecular complexity index is 279. The summed E-state index contributed by atoms with van der Waals surface area (Å²) in [7, 11) is 0. The minimum Gasteiger partial charge on any atom is -0.444 e. The maximum Gasteiger partial charge on any atom is 0.410 e. The van der Waals surface area contributed by atoms with Gasteiger partial charge in [-0.05, 0) is 27.7 Å². The minimum absolute atomic E-state index is 0.0201. The average Bonchev–Trinajstić information content (AvgIpc) is 2.14. The van der Waals surface area contributed by atoms with Gasteiger partial charge in [0.15, 0.2) is 0 Å². The van der Waals surface area contributed by atoms with Crippen molar-refractivity contribution < 1.29 is 18.3 Å². The highest BCUT2D eigenvalue weighted by atomic mass is 19.3. The summed E-state index contributed by atoms with van der Waals surface area (Å²) in [6.45, 7) is 7.40. The SMILES string of the molecule is CC1CNC(C(F)F)CN1C(=O)OC(C)(C)C. The maximum absolute atomic E-state index is 12.6. The van der Waals surface area contributed by atoms with Crippen LogP contribution in [-0.4, -0.2) is 48.2 Å². The van der Waals surface area contributed by atoms with Crippen LogP contribution in [0.2, 0.25) is 0 Å². The van der Waals surface area contributed by atoms with E-state index in [0.717, 1.165) is 0 Å². The van der Waals surface area contributed by atoms with Gasteiger partial charge in [0.25, 0.3) is 6.43 Å². The first-order chi connectivity index (χ1) is 7.70. The van der Waals surface area contributed by atoms with E-state index >= 15 is 0 Å². The number of rotatable bonds is 1. The van der Waals surface area contributed by atoms with E-state index in [4.69, 9.17) is 4.74 Å². The summed E-state index contributed by atoms with van der Waals surface area (Å²) in [4.78, 5) is 13.2. The molecule has 4 nitrogen and oxygen atoms in total. The number of alkyl halides is 2. The molecule has 1 fully saturated rings. The molecule has 1 amide bonds. The van der Waals surface area contributed by atoms with Gasteiger partial charge < -0.3 is 15.0 Å². The van der Waals surface area contributed by atoms with E-state index in [-0.39, 0.29) is 12.6 Å². The molecule has 6 heteroatoms. The molecule has 17 heavy (non-hydrogen) atoms. The van der Waals surface area contributed by atoms with Crippen LogP contribution in [-0.2, 0) is 4.74 Å². The van der Waals surface area contributed by atoms with Crippen molar-refractivity contribution in [3.05, 3.63) is 0 Å². The van der Waals surface area contributed by atoms with E-state index in [1.54, 1.807) is 27.7 Å². The Balaban J connectivity index is 2.64. The van der Waals surface area contributed by atoms with Crippen LogP contribution in [0, 0.1) is 0 Å². The van der Waals surface area contributed by atoms with Gasteiger partial charge in [-0.2, -0.15) is 0 Å². The Hall–Kier alpha value is -0.910. The number of ether oxygens (including phenoxy) is 1. The summed E-state index contributed by atoms with van der Waals surface area (Å²) in [5.74, 6) is 0. The van der Waals surface area contributed by atoms with Gasteiger partial charge in [-0.25, -0.2) is 13.6 Å². The predicted molar refractivity (Wildman–Crippen MR) is 60.2 cm³/mol. The summed E-state index contributed by atoms with van der Waals surface area (Å²) < 4.78 is 30.4. The molecule has 0 aromatic rings. The van der Waals surface area contributed by atoms with E-state index in [1.807, 2.05) is 0 Å². The molecule has 0 bridgehead atoms. The Morgan fingerprint density at radius 1 is 1.47 bits per heavy atom. The first-order valence-electron chi connectivity index (χ1n) is 5.72. The predicted octanol–water partition coefficient (Wildman–Crippen LogP) is 1.85. The van der Waals surface area contributed by atoms with Crippen molar-refractivity contribution in [1.29, 1.82) is 0 Å². The molecule has 0 saturated carbocycles. The summed E-state index contributed by atoms with van der Waals surface area (Å²) in [6, 6.07) is -1.11. The monoisotopic (exact) mass is 250 g/mol. The fraction of sp³-hybridized carbons (Fsp3) is 0.909. The van der Waals surface area contributed by atoms with Gasteiger partial charge in [0, 0.05) is 19.1 Å². The van der Waals surface area contributed by atoms with Crippen molar-refractivity contribution in [2.45, 2.75) is 51.8 Å². The molecule has 0 radical (unpaired) electrons. The molecule has 1 N–H and O–H groups in total. The molecule has 1 saturated heterocycles. The third-order valence-corrected chi connectivity index (χ3v) is 2.53. The van der Waals surface area contributed by atoms with Crippen molar-refractivity contribution in [3.8, 4) is 0 Å². The molecule has 0 aromatic heterocycles. The number of carbonyl (C=O) groups is 1. The molecule has 1 heterocycles. The second-order valence-corrected chi connectivity index (χ2v) is 5.33. The molecule has 1 rings (SSSR count). The third-order valence-electron chi connectivity index (χ3n) is 2.53. The number of halogens is 2. The molecule has 0 spiro atoms. The topological polar surface area (TPSA) is 41.6 Å². The molecule has 2 atom stereocenters. The van der Waals surface area contributed by atoms with Crippen molar-refractivity contribution in [3.63, 3.8) is 0 Å². The third kappa shape index (κ3) is 4.11. The van der Waals surface area contributed by atoms with Crippen molar-refractivity contribution in [1.82, 2.24) is 10.2 Å². The lowest BCUT2D eigenvalue weighted by Gasteiger charge is -2.38. The molecule has 1 aliphatic rings. The normalized spacial score (nSPS) is 26.2. The van der Waals surface area contributed by atoms with Crippen LogP contribution in [0.4, 0.5) is 13.6 Å². The van der Waals surface area contributed by atoms with Gasteiger partial charge in [0.05, 0.1) is 6.04 Å². The van der Waals surface area contributed by atoms with Crippen LogP contribution < -0.4 is 5.32 Å². The van der Waals surface area contributed by atoms with E-state index in [0.29, 0.717) is 6.54 Å². The van der Waals surface area contributed by atoms with Crippen LogP contribution in [0.1, 0.15) is 27.7 Å². The smallest absolute Gasteiger partial charge is 0.410 e. The second-order valence-electron chi connectivity index (χ2n) is 5.33. The molecule has 2 unspecified atom stereocenters. The lowest BCUT2D eigenvalue weighted by atomic mass is 10.1. The quantitative estimate of drug-likeness (QED) is 0.772. The van der Waals surface area contributed by atoms with Gasteiger partial charge in [-0.1, -0.05) is 0 Å². The molecular formula is C11H20F2N2O2. The van der Waals surface area contributed by atoms with Crippen LogP contribution in [0.3, 0.4) is 0 Å². The number of nitrogens with one attached hydrogen (secondary N) is 1. The average molecular weight is 250 g/mol. The number of amides is 1.